The second kappa shape index (κ2) is 6.70. The van der Waals surface area contributed by atoms with Gasteiger partial charge >= 0.3 is 0 Å². The number of benzene rings is 1. The highest BCUT2D eigenvalue weighted by atomic mass is 32.2. The van der Waals surface area contributed by atoms with Crippen molar-refractivity contribution in [1.82, 2.24) is 10.6 Å². The highest BCUT2D eigenvalue weighted by Gasteiger charge is 2.05. The van der Waals surface area contributed by atoms with Crippen LogP contribution in [0.5, 0.6) is 0 Å². The molecule has 18 heavy (non-hydrogen) atoms. The highest BCUT2D eigenvalue weighted by molar-refractivity contribution is 7.90. The normalized spacial score (nSPS) is 11.0. The first kappa shape index (κ1) is 14.9. The number of nitrogens with one attached hydrogen (secondary N) is 2. The summed E-state index contributed by atoms with van der Waals surface area (Å²) in [5.41, 5.74) is 0.989. The van der Waals surface area contributed by atoms with E-state index in [1.165, 1.54) is 6.26 Å². The molecule has 100 valence electrons. The van der Waals surface area contributed by atoms with Crippen molar-refractivity contribution in [1.29, 1.82) is 0 Å². The monoisotopic (exact) mass is 286 g/mol. The fourth-order valence-electron chi connectivity index (χ4n) is 1.34. The lowest BCUT2D eigenvalue weighted by atomic mass is 10.2. The van der Waals surface area contributed by atoms with Crippen molar-refractivity contribution in [3.63, 3.8) is 0 Å². The Morgan fingerprint density at radius 2 is 1.83 bits per heavy atom. The van der Waals surface area contributed by atoms with E-state index in [9.17, 15) is 8.42 Å². The molecule has 1 rings (SSSR count). The molecule has 0 aromatic heterocycles. The van der Waals surface area contributed by atoms with E-state index in [1.807, 2.05) is 0 Å². The molecule has 0 aliphatic heterocycles. The quantitative estimate of drug-likeness (QED) is 0.803. The van der Waals surface area contributed by atoms with Crippen LogP contribution < -0.4 is 10.6 Å². The molecule has 0 aliphatic carbocycles. The summed E-state index contributed by atoms with van der Waals surface area (Å²) in [5, 5.41) is 6.74. The minimum absolute atomic E-state index is 0.331. The van der Waals surface area contributed by atoms with Crippen LogP contribution in [0.25, 0.3) is 0 Å². The molecule has 0 heterocycles. The average Bonchev–Trinajstić information content (AvgIpc) is 2.33. The van der Waals surface area contributed by atoms with E-state index in [2.05, 4.69) is 17.6 Å². The Balaban J connectivity index is 2.52. The molecule has 0 bridgehead atoms. The largest absolute Gasteiger partial charge is 0.363 e. The van der Waals surface area contributed by atoms with Gasteiger partial charge in [-0.3, -0.25) is 0 Å². The first-order chi connectivity index (χ1) is 8.43. The van der Waals surface area contributed by atoms with Crippen molar-refractivity contribution in [2.45, 2.75) is 24.8 Å². The summed E-state index contributed by atoms with van der Waals surface area (Å²) in [4.78, 5) is 0.331. The highest BCUT2D eigenvalue weighted by Crippen LogP contribution is 2.09. The Morgan fingerprint density at radius 1 is 1.22 bits per heavy atom. The zero-order valence-electron chi connectivity index (χ0n) is 10.6. The van der Waals surface area contributed by atoms with Gasteiger partial charge in [-0.25, -0.2) is 8.42 Å². The topological polar surface area (TPSA) is 58.2 Å². The molecule has 0 radical (unpaired) electrons. The van der Waals surface area contributed by atoms with Crippen LogP contribution in [0, 0.1) is 0 Å². The number of hydrogen-bond donors (Lipinski definition) is 2. The number of sulfone groups is 1. The van der Waals surface area contributed by atoms with Gasteiger partial charge in [0.1, 0.15) is 0 Å². The Hall–Kier alpha value is -1.14. The standard InChI is InChI=1S/C12H18N2O2S2/c1-3-8-13-12(17)14-9-10-4-6-11(7-5-10)18(2,15)16/h4-7H,3,8-9H2,1-2H3,(H2,13,14,17). The Bertz CT molecular complexity index is 495. The van der Waals surface area contributed by atoms with Crippen molar-refractivity contribution >= 4 is 27.2 Å². The van der Waals surface area contributed by atoms with Crippen LogP contribution in [0.15, 0.2) is 29.2 Å². The number of thiocarbonyl (C=S) groups is 1. The van der Waals surface area contributed by atoms with Crippen LogP contribution in [0.4, 0.5) is 0 Å². The minimum Gasteiger partial charge on any atom is -0.363 e. The van der Waals surface area contributed by atoms with Gasteiger partial charge in [0, 0.05) is 19.3 Å². The molecule has 0 aliphatic rings. The van der Waals surface area contributed by atoms with Crippen molar-refractivity contribution in [2.75, 3.05) is 12.8 Å². The molecule has 0 saturated carbocycles. The molecule has 0 saturated heterocycles. The van der Waals surface area contributed by atoms with E-state index in [1.54, 1.807) is 24.3 Å². The van der Waals surface area contributed by atoms with E-state index >= 15 is 0 Å². The summed E-state index contributed by atoms with van der Waals surface area (Å²) in [5.74, 6) is 0. The van der Waals surface area contributed by atoms with E-state index in [0.717, 1.165) is 18.5 Å². The zero-order chi connectivity index (χ0) is 13.6. The molecule has 0 unspecified atom stereocenters. The second-order valence-electron chi connectivity index (χ2n) is 4.03. The Labute approximate surface area is 114 Å². The van der Waals surface area contributed by atoms with E-state index < -0.39 is 9.84 Å². The van der Waals surface area contributed by atoms with Gasteiger partial charge in [-0.1, -0.05) is 19.1 Å². The number of hydrogen-bond acceptors (Lipinski definition) is 3. The molecule has 4 nitrogen and oxygen atoms in total. The lowest BCUT2D eigenvalue weighted by Gasteiger charge is -2.09. The average molecular weight is 286 g/mol. The van der Waals surface area contributed by atoms with Crippen molar-refractivity contribution < 1.29 is 8.42 Å². The first-order valence-electron chi connectivity index (χ1n) is 5.74. The molecule has 1 aromatic rings. The van der Waals surface area contributed by atoms with Gasteiger partial charge in [0.2, 0.25) is 0 Å². The molecule has 0 spiro atoms. The van der Waals surface area contributed by atoms with Gasteiger partial charge in [0.05, 0.1) is 4.90 Å². The third kappa shape index (κ3) is 5.01. The molecule has 2 N–H and O–H groups in total. The van der Waals surface area contributed by atoms with E-state index in [4.69, 9.17) is 12.2 Å². The minimum atomic E-state index is -3.12. The van der Waals surface area contributed by atoms with Crippen LogP contribution in [0.2, 0.25) is 0 Å². The fraction of sp³-hybridized carbons (Fsp3) is 0.417. The molecule has 1 aromatic carbocycles. The van der Waals surface area contributed by atoms with Gasteiger partial charge in [0.25, 0.3) is 0 Å². The van der Waals surface area contributed by atoms with Crippen LogP contribution in [0.3, 0.4) is 0 Å². The Kier molecular flexibility index (Phi) is 5.55. The summed E-state index contributed by atoms with van der Waals surface area (Å²) in [6, 6.07) is 6.78. The van der Waals surface area contributed by atoms with Gasteiger partial charge in [0.15, 0.2) is 14.9 Å². The lowest BCUT2D eigenvalue weighted by Crippen LogP contribution is -2.35. The van der Waals surface area contributed by atoms with Gasteiger partial charge in [-0.15, -0.1) is 0 Å². The van der Waals surface area contributed by atoms with Crippen molar-refractivity contribution in [3.05, 3.63) is 29.8 Å². The maximum absolute atomic E-state index is 11.3. The van der Waals surface area contributed by atoms with Gasteiger partial charge in [-0.2, -0.15) is 0 Å². The lowest BCUT2D eigenvalue weighted by molar-refractivity contribution is 0.602. The SMILES string of the molecule is CCCNC(=S)NCc1ccc(S(C)(=O)=O)cc1. The summed E-state index contributed by atoms with van der Waals surface area (Å²) in [6.45, 7) is 3.50. The maximum Gasteiger partial charge on any atom is 0.175 e. The fourth-order valence-corrected chi connectivity index (χ4v) is 2.14. The summed E-state index contributed by atoms with van der Waals surface area (Å²) in [7, 11) is -3.12. The van der Waals surface area contributed by atoms with E-state index in [-0.39, 0.29) is 0 Å². The summed E-state index contributed by atoms with van der Waals surface area (Å²) < 4.78 is 22.6. The van der Waals surface area contributed by atoms with Gasteiger partial charge < -0.3 is 10.6 Å². The predicted molar refractivity (Wildman–Crippen MR) is 77.3 cm³/mol. The third-order valence-corrected chi connectivity index (χ3v) is 3.76. The predicted octanol–water partition coefficient (Wildman–Crippen LogP) is 1.46. The van der Waals surface area contributed by atoms with Crippen molar-refractivity contribution in [3.8, 4) is 0 Å². The van der Waals surface area contributed by atoms with Crippen LogP contribution in [-0.4, -0.2) is 26.3 Å². The van der Waals surface area contributed by atoms with Crippen LogP contribution in [-0.2, 0) is 16.4 Å². The second-order valence-corrected chi connectivity index (χ2v) is 6.45. The smallest absolute Gasteiger partial charge is 0.175 e. The van der Waals surface area contributed by atoms with Gasteiger partial charge in [-0.05, 0) is 36.3 Å². The molecule has 0 amide bonds. The molecule has 6 heteroatoms. The van der Waals surface area contributed by atoms with Crippen molar-refractivity contribution in [2.24, 2.45) is 0 Å². The molecule has 0 atom stereocenters. The van der Waals surface area contributed by atoms with Crippen LogP contribution >= 0.6 is 12.2 Å². The third-order valence-electron chi connectivity index (χ3n) is 2.34. The first-order valence-corrected chi connectivity index (χ1v) is 8.04. The molecular formula is C12H18N2O2S2. The van der Waals surface area contributed by atoms with Crippen LogP contribution in [0.1, 0.15) is 18.9 Å². The maximum atomic E-state index is 11.3. The number of rotatable bonds is 5. The summed E-state index contributed by atoms with van der Waals surface area (Å²) >= 11 is 5.09. The Morgan fingerprint density at radius 3 is 2.33 bits per heavy atom. The molecular weight excluding hydrogens is 268 g/mol. The zero-order valence-corrected chi connectivity index (χ0v) is 12.2. The molecule has 0 fully saturated rings. The summed E-state index contributed by atoms with van der Waals surface area (Å²) in [6.07, 6.45) is 2.22. The van der Waals surface area contributed by atoms with E-state index in [0.29, 0.717) is 16.6 Å².